The normalized spacial score (nSPS) is 20.3. The zero-order valence-corrected chi connectivity index (χ0v) is 19.1. The molecule has 0 radical (unpaired) electrons. The summed E-state index contributed by atoms with van der Waals surface area (Å²) in [5.41, 5.74) is 6.81. The number of anilines is 2. The third-order valence-electron chi connectivity index (χ3n) is 6.63. The van der Waals surface area contributed by atoms with Crippen molar-refractivity contribution in [3.8, 4) is 0 Å². The molecule has 0 aromatic heterocycles. The van der Waals surface area contributed by atoms with Gasteiger partial charge in [-0.15, -0.1) is 0 Å². The zero-order valence-electron chi connectivity index (χ0n) is 19.1. The molecular formula is C29H30N2O. The number of ketones is 1. The summed E-state index contributed by atoms with van der Waals surface area (Å²) in [5.74, 6) is 0.278. The van der Waals surface area contributed by atoms with E-state index < -0.39 is 0 Å². The lowest BCUT2D eigenvalue weighted by Gasteiger charge is -2.51. The minimum atomic E-state index is -0.0459. The molecule has 5 rings (SSSR count). The van der Waals surface area contributed by atoms with Gasteiger partial charge in [0.05, 0.1) is 6.54 Å². The van der Waals surface area contributed by atoms with E-state index in [1.54, 1.807) is 0 Å². The van der Waals surface area contributed by atoms with E-state index in [4.69, 9.17) is 0 Å². The van der Waals surface area contributed by atoms with Crippen LogP contribution in [0.15, 0.2) is 96.2 Å². The highest BCUT2D eigenvalue weighted by Gasteiger charge is 2.43. The Hall–Kier alpha value is -3.33. The highest BCUT2D eigenvalue weighted by atomic mass is 16.1. The van der Waals surface area contributed by atoms with Crippen molar-refractivity contribution in [3.05, 3.63) is 107 Å². The van der Waals surface area contributed by atoms with E-state index in [0.29, 0.717) is 13.0 Å². The van der Waals surface area contributed by atoms with Crippen LogP contribution in [0.25, 0.3) is 0 Å². The zero-order chi connectivity index (χ0) is 22.3. The Morgan fingerprint density at radius 1 is 0.781 bits per heavy atom. The van der Waals surface area contributed by atoms with Gasteiger partial charge in [0.2, 0.25) is 0 Å². The first kappa shape index (κ1) is 20.6. The molecule has 1 atom stereocenters. The van der Waals surface area contributed by atoms with Crippen LogP contribution >= 0.6 is 0 Å². The molecule has 0 N–H and O–H groups in total. The van der Waals surface area contributed by atoms with Crippen molar-refractivity contribution in [2.45, 2.75) is 39.8 Å². The molecule has 0 bridgehead atoms. The highest BCUT2D eigenvalue weighted by Crippen LogP contribution is 2.48. The molecule has 1 aliphatic heterocycles. The summed E-state index contributed by atoms with van der Waals surface area (Å²) in [4.78, 5) is 18.2. The molecule has 1 unspecified atom stereocenters. The second-order valence-corrected chi connectivity index (χ2v) is 9.82. The summed E-state index contributed by atoms with van der Waals surface area (Å²) < 4.78 is 0. The number of para-hydroxylation sites is 2. The van der Waals surface area contributed by atoms with Gasteiger partial charge in [-0.3, -0.25) is 4.79 Å². The topological polar surface area (TPSA) is 23.6 Å². The molecule has 162 valence electrons. The van der Waals surface area contributed by atoms with Gasteiger partial charge in [-0.25, -0.2) is 0 Å². The monoisotopic (exact) mass is 422 g/mol. The minimum Gasteiger partial charge on any atom is -0.342 e. The largest absolute Gasteiger partial charge is 0.342 e. The maximum Gasteiger partial charge on any atom is 0.162 e. The van der Waals surface area contributed by atoms with Crippen LogP contribution in [0, 0.1) is 12.3 Å². The van der Waals surface area contributed by atoms with Gasteiger partial charge in [0.15, 0.2) is 5.78 Å². The van der Waals surface area contributed by atoms with Crippen molar-refractivity contribution >= 4 is 17.2 Å². The first-order valence-electron chi connectivity index (χ1n) is 11.4. The number of carbonyl (C=O) groups is 1. The summed E-state index contributed by atoms with van der Waals surface area (Å²) in [6.07, 6.45) is 1.47. The average molecular weight is 423 g/mol. The second-order valence-electron chi connectivity index (χ2n) is 9.82. The van der Waals surface area contributed by atoms with Crippen LogP contribution in [-0.2, 0) is 4.79 Å². The van der Waals surface area contributed by atoms with Gasteiger partial charge >= 0.3 is 0 Å². The number of nitrogens with zero attached hydrogens (tertiary/aromatic N) is 2. The number of hydrogen-bond donors (Lipinski definition) is 0. The highest BCUT2D eigenvalue weighted by molar-refractivity contribution is 6.00. The van der Waals surface area contributed by atoms with Gasteiger partial charge in [-0.1, -0.05) is 80.1 Å². The smallest absolute Gasteiger partial charge is 0.162 e. The first-order chi connectivity index (χ1) is 15.4. The molecule has 1 aliphatic carbocycles. The summed E-state index contributed by atoms with van der Waals surface area (Å²) in [7, 11) is 0. The Bertz CT molecular complexity index is 1150. The Labute approximate surface area is 191 Å². The second kappa shape index (κ2) is 7.98. The van der Waals surface area contributed by atoms with Gasteiger partial charge in [0.1, 0.15) is 6.17 Å². The standard InChI is InChI=1S/C29H30N2O/c1-21-14-16-22(17-15-21)28-30(23-10-6-4-7-11-23)20-25-26(18-29(2,3)19-27(25)32)31(28)24-12-8-5-9-13-24/h4-17,28H,18-20H2,1-3H3. The van der Waals surface area contributed by atoms with Crippen LogP contribution in [0.3, 0.4) is 0 Å². The third-order valence-corrected chi connectivity index (χ3v) is 6.63. The number of rotatable bonds is 3. The maximum atomic E-state index is 13.4. The summed E-state index contributed by atoms with van der Waals surface area (Å²) in [5, 5.41) is 0. The Kier molecular flexibility index (Phi) is 5.13. The quantitative estimate of drug-likeness (QED) is 0.471. The predicted octanol–water partition coefficient (Wildman–Crippen LogP) is 6.66. The van der Waals surface area contributed by atoms with Crippen molar-refractivity contribution in [2.24, 2.45) is 5.41 Å². The molecule has 3 aromatic carbocycles. The molecule has 3 aromatic rings. The summed E-state index contributed by atoms with van der Waals surface area (Å²) in [6, 6.07) is 29.8. The number of benzene rings is 3. The molecule has 0 amide bonds. The van der Waals surface area contributed by atoms with Crippen LogP contribution in [-0.4, -0.2) is 12.3 Å². The predicted molar refractivity (Wildman–Crippen MR) is 132 cm³/mol. The van der Waals surface area contributed by atoms with Crippen molar-refractivity contribution in [1.82, 2.24) is 0 Å². The van der Waals surface area contributed by atoms with E-state index in [0.717, 1.165) is 23.4 Å². The molecule has 0 spiro atoms. The van der Waals surface area contributed by atoms with E-state index in [-0.39, 0.29) is 17.4 Å². The summed E-state index contributed by atoms with van der Waals surface area (Å²) >= 11 is 0. The molecular weight excluding hydrogens is 392 g/mol. The van der Waals surface area contributed by atoms with Crippen LogP contribution in [0.4, 0.5) is 11.4 Å². The van der Waals surface area contributed by atoms with Crippen LogP contribution in [0.5, 0.6) is 0 Å². The van der Waals surface area contributed by atoms with Crippen molar-refractivity contribution in [3.63, 3.8) is 0 Å². The lowest BCUT2D eigenvalue weighted by Crippen LogP contribution is -2.51. The molecule has 1 heterocycles. The van der Waals surface area contributed by atoms with Gasteiger partial charge < -0.3 is 9.80 Å². The van der Waals surface area contributed by atoms with Gasteiger partial charge in [0.25, 0.3) is 0 Å². The molecule has 3 nitrogen and oxygen atoms in total. The SMILES string of the molecule is Cc1ccc(C2N(c3ccccc3)CC3=C(CC(C)(C)CC3=O)N2c2ccccc2)cc1. The number of Topliss-reactive ketones (excluding diaryl/α,β-unsaturated/α-hetero) is 1. The van der Waals surface area contributed by atoms with E-state index in [2.05, 4.69) is 109 Å². The number of allylic oxidation sites excluding steroid dienone is 1. The Balaban J connectivity index is 1.75. The first-order valence-corrected chi connectivity index (χ1v) is 11.4. The molecule has 0 saturated heterocycles. The number of hydrogen-bond acceptors (Lipinski definition) is 3. The molecule has 0 fully saturated rings. The van der Waals surface area contributed by atoms with E-state index in [9.17, 15) is 4.79 Å². The third kappa shape index (κ3) is 3.73. The fourth-order valence-electron chi connectivity index (χ4n) is 5.08. The van der Waals surface area contributed by atoms with E-state index in [1.807, 2.05) is 6.07 Å². The lowest BCUT2D eigenvalue weighted by atomic mass is 9.74. The minimum absolute atomic E-state index is 0.0270. The molecule has 3 heteroatoms. The average Bonchev–Trinajstić information content (AvgIpc) is 2.79. The molecule has 2 aliphatic rings. The van der Waals surface area contributed by atoms with Crippen molar-refractivity contribution in [2.75, 3.05) is 16.3 Å². The summed E-state index contributed by atoms with van der Waals surface area (Å²) in [6.45, 7) is 7.18. The van der Waals surface area contributed by atoms with Gasteiger partial charge in [0, 0.05) is 29.1 Å². The number of carbonyl (C=O) groups excluding carboxylic acids is 1. The van der Waals surface area contributed by atoms with Crippen LogP contribution in [0.2, 0.25) is 0 Å². The molecule has 32 heavy (non-hydrogen) atoms. The van der Waals surface area contributed by atoms with Gasteiger partial charge in [-0.05, 0) is 48.6 Å². The number of aryl methyl sites for hydroxylation is 1. The van der Waals surface area contributed by atoms with E-state index >= 15 is 0 Å². The Morgan fingerprint density at radius 3 is 2.00 bits per heavy atom. The van der Waals surface area contributed by atoms with E-state index in [1.165, 1.54) is 16.8 Å². The molecule has 0 saturated carbocycles. The fourth-order valence-corrected chi connectivity index (χ4v) is 5.08. The van der Waals surface area contributed by atoms with Gasteiger partial charge in [-0.2, -0.15) is 0 Å². The van der Waals surface area contributed by atoms with Crippen molar-refractivity contribution in [1.29, 1.82) is 0 Å². The van der Waals surface area contributed by atoms with Crippen molar-refractivity contribution < 1.29 is 4.79 Å². The maximum absolute atomic E-state index is 13.4. The fraction of sp³-hybridized carbons (Fsp3) is 0.276. The lowest BCUT2D eigenvalue weighted by molar-refractivity contribution is -0.118. The Morgan fingerprint density at radius 2 is 1.38 bits per heavy atom. The van der Waals surface area contributed by atoms with Crippen LogP contribution < -0.4 is 9.80 Å². The van der Waals surface area contributed by atoms with Crippen LogP contribution in [0.1, 0.15) is 44.0 Å².